The Morgan fingerprint density at radius 3 is 2.26 bits per heavy atom. The van der Waals surface area contributed by atoms with Crippen molar-refractivity contribution in [3.8, 4) is 34.0 Å². The monoisotopic (exact) mass is 558 g/mol. The third kappa shape index (κ3) is 3.70. The number of fused-ring (bicyclic) bond motifs is 6. The maximum Gasteiger partial charge on any atom is 0.295 e. The average molecular weight is 559 g/mol. The molecule has 0 saturated carbocycles. The van der Waals surface area contributed by atoms with Crippen LogP contribution in [0.5, 0.6) is 11.5 Å². The highest BCUT2D eigenvalue weighted by Crippen LogP contribution is 2.43. The normalized spacial score (nSPS) is 11.9. The number of hydrogen-bond acceptors (Lipinski definition) is 6. The van der Waals surface area contributed by atoms with E-state index in [-0.39, 0.29) is 50.9 Å². The minimum atomic E-state index is -4.59. The van der Waals surface area contributed by atoms with E-state index in [2.05, 4.69) is 9.97 Å². The third-order valence-corrected chi connectivity index (χ3v) is 7.71. The van der Waals surface area contributed by atoms with Gasteiger partial charge in [0.15, 0.2) is 0 Å². The molecular weight excluding hydrogens is 540 g/mol. The summed E-state index contributed by atoms with van der Waals surface area (Å²) in [6.45, 7) is 0. The van der Waals surface area contributed by atoms with E-state index in [1.54, 1.807) is 18.2 Å². The number of aromatic amines is 1. The summed E-state index contributed by atoms with van der Waals surface area (Å²) in [6, 6.07) is 24.3. The minimum absolute atomic E-state index is 0. The molecule has 0 aliphatic carbocycles. The van der Waals surface area contributed by atoms with Crippen LogP contribution in [0.15, 0.2) is 94.2 Å². The van der Waals surface area contributed by atoms with Gasteiger partial charge in [-0.1, -0.05) is 60.7 Å². The fourth-order valence-electron chi connectivity index (χ4n) is 5.14. The Bertz CT molecular complexity index is 2200. The van der Waals surface area contributed by atoms with Crippen molar-refractivity contribution in [1.82, 2.24) is 9.97 Å². The third-order valence-electron chi connectivity index (χ3n) is 6.82. The largest absolute Gasteiger partial charge is 0.507 e. The lowest BCUT2D eigenvalue weighted by molar-refractivity contribution is 0.478. The van der Waals surface area contributed by atoms with Gasteiger partial charge < -0.3 is 19.6 Å². The smallest absolute Gasteiger partial charge is 0.295 e. The summed E-state index contributed by atoms with van der Waals surface area (Å²) in [6.07, 6.45) is 0. The fourth-order valence-corrected chi connectivity index (χ4v) is 5.85. The maximum atomic E-state index is 12.1. The molecule has 7 aromatic rings. The van der Waals surface area contributed by atoms with Crippen molar-refractivity contribution in [2.75, 3.05) is 0 Å². The molecule has 2 heterocycles. The van der Waals surface area contributed by atoms with Gasteiger partial charge in [0.25, 0.3) is 10.1 Å². The van der Waals surface area contributed by atoms with Crippen LogP contribution < -0.4 is 0 Å². The zero-order chi connectivity index (χ0) is 26.2. The predicted octanol–water partition coefficient (Wildman–Crippen LogP) is 7.03. The number of phenols is 2. The summed E-state index contributed by atoms with van der Waals surface area (Å²) in [5, 5.41) is 24.2. The average Bonchev–Trinajstić information content (AvgIpc) is 3.49. The number of benzene rings is 5. The first-order valence-corrected chi connectivity index (χ1v) is 13.1. The quantitative estimate of drug-likeness (QED) is 0.171. The summed E-state index contributed by atoms with van der Waals surface area (Å²) in [5.74, 6) is 0.0156. The van der Waals surface area contributed by atoms with Crippen molar-refractivity contribution < 1.29 is 27.6 Å². The van der Waals surface area contributed by atoms with Crippen LogP contribution in [-0.4, -0.2) is 33.2 Å². The van der Waals surface area contributed by atoms with E-state index in [1.807, 2.05) is 42.5 Å². The standard InChI is InChI=1S/C29H18N2O6S.ClH/c32-22-12-5-10-19-24(38(34,35)36)14-21-26(25(19)22)31-29(30-21)20-11-3-7-16(27(20)33)18-9-4-8-17-15-6-1-2-13-23(15)37-28(17)18;/h1-14,32-33H,(H,30,31)(H,34,35,36);1H. The van der Waals surface area contributed by atoms with Gasteiger partial charge in [-0.15, -0.1) is 12.4 Å². The summed E-state index contributed by atoms with van der Waals surface area (Å²) < 4.78 is 40.2. The number of hydrogen-bond donors (Lipinski definition) is 4. The van der Waals surface area contributed by atoms with Crippen LogP contribution in [0.2, 0.25) is 0 Å². The van der Waals surface area contributed by atoms with E-state index in [0.717, 1.165) is 16.4 Å². The molecule has 5 aromatic carbocycles. The van der Waals surface area contributed by atoms with Crippen LogP contribution in [0.3, 0.4) is 0 Å². The molecule has 0 radical (unpaired) electrons. The Labute approximate surface area is 227 Å². The zero-order valence-electron chi connectivity index (χ0n) is 19.9. The number of halogens is 1. The van der Waals surface area contributed by atoms with Crippen molar-refractivity contribution in [2.45, 2.75) is 4.90 Å². The van der Waals surface area contributed by atoms with Gasteiger partial charge in [0, 0.05) is 27.3 Å². The van der Waals surface area contributed by atoms with Gasteiger partial charge in [-0.05, 0) is 24.3 Å². The molecule has 2 aromatic heterocycles. The predicted molar refractivity (Wildman–Crippen MR) is 152 cm³/mol. The highest BCUT2D eigenvalue weighted by molar-refractivity contribution is 7.86. The van der Waals surface area contributed by atoms with Gasteiger partial charge >= 0.3 is 0 Å². The van der Waals surface area contributed by atoms with Gasteiger partial charge in [-0.2, -0.15) is 8.42 Å². The Kier molecular flexibility index (Phi) is 5.55. The molecule has 0 aliphatic heterocycles. The zero-order valence-corrected chi connectivity index (χ0v) is 21.5. The summed E-state index contributed by atoms with van der Waals surface area (Å²) in [4.78, 5) is 7.29. The summed E-state index contributed by atoms with van der Waals surface area (Å²) in [7, 11) is -4.59. The number of para-hydroxylation sites is 3. The van der Waals surface area contributed by atoms with E-state index < -0.39 is 10.1 Å². The number of H-pyrrole nitrogens is 1. The number of phenolic OH excluding ortho intramolecular Hbond substituents is 2. The lowest BCUT2D eigenvalue weighted by Crippen LogP contribution is -1.99. The second-order valence-corrected chi connectivity index (χ2v) is 10.4. The molecule has 0 fully saturated rings. The first-order chi connectivity index (χ1) is 18.3. The number of aromatic nitrogens is 2. The maximum absolute atomic E-state index is 12.1. The van der Waals surface area contributed by atoms with E-state index in [9.17, 15) is 23.2 Å². The Balaban J connectivity index is 0.00000277. The second-order valence-electron chi connectivity index (χ2n) is 9.01. The molecule has 0 spiro atoms. The number of furan rings is 1. The molecular formula is C29H19ClN2O6S. The highest BCUT2D eigenvalue weighted by Gasteiger charge is 2.23. The van der Waals surface area contributed by atoms with Crippen LogP contribution in [0.1, 0.15) is 0 Å². The van der Waals surface area contributed by atoms with Crippen LogP contribution in [0, 0.1) is 0 Å². The molecule has 39 heavy (non-hydrogen) atoms. The van der Waals surface area contributed by atoms with E-state index in [0.29, 0.717) is 27.8 Å². The highest BCUT2D eigenvalue weighted by atomic mass is 35.5. The van der Waals surface area contributed by atoms with Crippen molar-refractivity contribution in [3.63, 3.8) is 0 Å². The van der Waals surface area contributed by atoms with Gasteiger partial charge in [0.1, 0.15) is 38.9 Å². The molecule has 8 nitrogen and oxygen atoms in total. The number of aromatic hydroxyl groups is 2. The fraction of sp³-hybridized carbons (Fsp3) is 0. The van der Waals surface area contributed by atoms with Crippen molar-refractivity contribution >= 4 is 66.3 Å². The molecule has 0 saturated heterocycles. The molecule has 4 N–H and O–H groups in total. The Hall–Kier alpha value is -4.57. The molecule has 0 amide bonds. The van der Waals surface area contributed by atoms with E-state index in [1.165, 1.54) is 24.3 Å². The lowest BCUT2D eigenvalue weighted by Gasteiger charge is -2.09. The number of nitrogens with one attached hydrogen (secondary N) is 1. The molecule has 0 aliphatic rings. The van der Waals surface area contributed by atoms with Crippen molar-refractivity contribution in [1.29, 1.82) is 0 Å². The van der Waals surface area contributed by atoms with Crippen LogP contribution >= 0.6 is 12.4 Å². The molecule has 0 atom stereocenters. The van der Waals surface area contributed by atoms with Gasteiger partial charge in [-0.3, -0.25) is 4.55 Å². The Morgan fingerprint density at radius 2 is 1.44 bits per heavy atom. The lowest BCUT2D eigenvalue weighted by atomic mass is 9.99. The van der Waals surface area contributed by atoms with Crippen LogP contribution in [0.25, 0.3) is 66.3 Å². The molecule has 194 valence electrons. The van der Waals surface area contributed by atoms with Gasteiger partial charge in [0.05, 0.1) is 16.5 Å². The van der Waals surface area contributed by atoms with Gasteiger partial charge in [0.2, 0.25) is 0 Å². The van der Waals surface area contributed by atoms with Crippen LogP contribution in [0.4, 0.5) is 0 Å². The SMILES string of the molecule is Cl.O=S(=O)(O)c1cc2[nH]c(-c3cccc(-c4cccc5c4oc4ccccc45)c3O)nc2c2c(O)cccc12. The molecule has 10 heteroatoms. The number of rotatable bonds is 3. The first-order valence-electron chi connectivity index (χ1n) is 11.7. The van der Waals surface area contributed by atoms with Crippen molar-refractivity contribution in [2.24, 2.45) is 0 Å². The number of nitrogens with zero attached hydrogens (tertiary/aromatic N) is 1. The molecule has 7 rings (SSSR count). The Morgan fingerprint density at radius 1 is 0.769 bits per heavy atom. The second kappa shape index (κ2) is 8.74. The topological polar surface area (TPSA) is 137 Å². The van der Waals surface area contributed by atoms with Crippen molar-refractivity contribution in [3.05, 3.63) is 84.9 Å². The molecule has 0 bridgehead atoms. The van der Waals surface area contributed by atoms with Gasteiger partial charge in [-0.25, -0.2) is 4.98 Å². The van der Waals surface area contributed by atoms with E-state index >= 15 is 0 Å². The summed E-state index contributed by atoms with van der Waals surface area (Å²) in [5.41, 5.74) is 3.54. The molecule has 0 unspecified atom stereocenters. The van der Waals surface area contributed by atoms with E-state index in [4.69, 9.17) is 4.42 Å². The minimum Gasteiger partial charge on any atom is -0.507 e. The van der Waals surface area contributed by atoms with Crippen LogP contribution in [-0.2, 0) is 10.1 Å². The first kappa shape index (κ1) is 24.7. The number of imidazole rings is 1. The summed E-state index contributed by atoms with van der Waals surface area (Å²) >= 11 is 0.